The van der Waals surface area contributed by atoms with Gasteiger partial charge in [0.05, 0.1) is 6.42 Å². The van der Waals surface area contributed by atoms with E-state index in [0.717, 1.165) is 56.0 Å². The van der Waals surface area contributed by atoms with E-state index in [2.05, 4.69) is 27.7 Å². The van der Waals surface area contributed by atoms with E-state index < -0.39 is 0 Å². The highest BCUT2D eigenvalue weighted by molar-refractivity contribution is 5.99. The molecule has 0 bridgehead atoms. The molecule has 6 heteroatoms. The maximum Gasteiger partial charge on any atom is 0.317 e. The van der Waals surface area contributed by atoms with Crippen molar-refractivity contribution in [2.75, 3.05) is 36.4 Å². The molecule has 1 saturated carbocycles. The third-order valence-electron chi connectivity index (χ3n) is 5.58. The molecule has 3 amide bonds. The van der Waals surface area contributed by atoms with Gasteiger partial charge in [0.1, 0.15) is 0 Å². The molecule has 1 aliphatic carbocycles. The number of carbonyl (C=O) groups excluding carboxylic acids is 2. The van der Waals surface area contributed by atoms with Gasteiger partial charge < -0.3 is 20.4 Å². The predicted molar refractivity (Wildman–Crippen MR) is 98.0 cm³/mol. The number of anilines is 2. The number of carbonyl (C=O) groups is 2. The smallest absolute Gasteiger partial charge is 0.317 e. The molecular weight excluding hydrogens is 316 g/mol. The molecule has 6 nitrogen and oxygen atoms in total. The maximum absolute atomic E-state index is 12.4. The van der Waals surface area contributed by atoms with Crippen molar-refractivity contribution < 1.29 is 9.59 Å². The highest BCUT2D eigenvalue weighted by Crippen LogP contribution is 2.28. The van der Waals surface area contributed by atoms with Crippen LogP contribution < -0.4 is 15.5 Å². The van der Waals surface area contributed by atoms with Crippen LogP contribution in [-0.4, -0.2) is 49.1 Å². The second-order valence-electron chi connectivity index (χ2n) is 7.32. The Balaban J connectivity index is 1.31. The minimum Gasteiger partial charge on any atom is -0.368 e. The van der Waals surface area contributed by atoms with Gasteiger partial charge in [-0.25, -0.2) is 4.79 Å². The molecule has 0 spiro atoms. The summed E-state index contributed by atoms with van der Waals surface area (Å²) in [5, 5.41) is 6.07. The van der Waals surface area contributed by atoms with E-state index in [1.807, 2.05) is 11.0 Å². The summed E-state index contributed by atoms with van der Waals surface area (Å²) in [7, 11) is 0. The van der Waals surface area contributed by atoms with Crippen LogP contribution in [0.15, 0.2) is 18.2 Å². The zero-order chi connectivity index (χ0) is 17.2. The van der Waals surface area contributed by atoms with Gasteiger partial charge in [-0.15, -0.1) is 0 Å². The lowest BCUT2D eigenvalue weighted by Gasteiger charge is -2.37. The number of nitrogens with one attached hydrogen (secondary N) is 2. The van der Waals surface area contributed by atoms with E-state index in [1.165, 1.54) is 19.3 Å². The molecule has 1 saturated heterocycles. The summed E-state index contributed by atoms with van der Waals surface area (Å²) in [4.78, 5) is 28.2. The van der Waals surface area contributed by atoms with Gasteiger partial charge in [-0.2, -0.15) is 0 Å². The van der Waals surface area contributed by atoms with Crippen molar-refractivity contribution in [1.29, 1.82) is 0 Å². The fourth-order valence-electron chi connectivity index (χ4n) is 4.09. The fourth-order valence-corrected chi connectivity index (χ4v) is 4.09. The minimum absolute atomic E-state index is 0.0661. The molecule has 1 aromatic rings. The lowest BCUT2D eigenvalue weighted by Crippen LogP contribution is -2.53. The summed E-state index contributed by atoms with van der Waals surface area (Å²) in [6.45, 7) is 3.15. The van der Waals surface area contributed by atoms with Crippen molar-refractivity contribution in [3.05, 3.63) is 23.8 Å². The van der Waals surface area contributed by atoms with Crippen LogP contribution in [0.3, 0.4) is 0 Å². The van der Waals surface area contributed by atoms with E-state index in [1.54, 1.807) is 0 Å². The molecule has 0 atom stereocenters. The Bertz CT molecular complexity index is 661. The summed E-state index contributed by atoms with van der Waals surface area (Å²) < 4.78 is 0. The quantitative estimate of drug-likeness (QED) is 0.867. The SMILES string of the molecule is O=C1Cc2cc(N3CCN(C(=O)NC4CCCCC4)CC3)ccc2N1. The Morgan fingerprint density at radius 3 is 2.60 bits per heavy atom. The molecule has 4 rings (SSSR count). The number of hydrogen-bond donors (Lipinski definition) is 2. The predicted octanol–water partition coefficient (Wildman–Crippen LogP) is 2.35. The Kier molecular flexibility index (Phi) is 4.51. The van der Waals surface area contributed by atoms with E-state index in [-0.39, 0.29) is 11.9 Å². The van der Waals surface area contributed by atoms with Crippen LogP contribution >= 0.6 is 0 Å². The van der Waals surface area contributed by atoms with E-state index >= 15 is 0 Å². The van der Waals surface area contributed by atoms with Gasteiger partial charge in [0.25, 0.3) is 0 Å². The van der Waals surface area contributed by atoms with Gasteiger partial charge in [0.15, 0.2) is 0 Å². The summed E-state index contributed by atoms with van der Waals surface area (Å²) in [6.07, 6.45) is 6.46. The van der Waals surface area contributed by atoms with Crippen LogP contribution in [-0.2, 0) is 11.2 Å². The Morgan fingerprint density at radius 2 is 1.84 bits per heavy atom. The van der Waals surface area contributed by atoms with Crippen molar-refractivity contribution >= 4 is 23.3 Å². The zero-order valence-corrected chi connectivity index (χ0v) is 14.6. The zero-order valence-electron chi connectivity index (χ0n) is 14.6. The molecule has 2 heterocycles. The molecule has 0 aromatic heterocycles. The number of hydrogen-bond acceptors (Lipinski definition) is 3. The summed E-state index contributed by atoms with van der Waals surface area (Å²) in [6, 6.07) is 6.60. The van der Waals surface area contributed by atoms with Crippen molar-refractivity contribution in [1.82, 2.24) is 10.2 Å². The molecule has 1 aromatic carbocycles. The van der Waals surface area contributed by atoms with E-state index in [9.17, 15) is 9.59 Å². The van der Waals surface area contributed by atoms with Gasteiger partial charge in [0.2, 0.25) is 5.91 Å². The first-order valence-corrected chi connectivity index (χ1v) is 9.42. The standard InChI is InChI=1S/C19H26N4O2/c24-18-13-14-12-16(6-7-17(14)21-18)22-8-10-23(11-9-22)19(25)20-15-4-2-1-3-5-15/h6-7,12,15H,1-5,8-11,13H2,(H,20,25)(H,21,24). The lowest BCUT2D eigenvalue weighted by atomic mass is 9.96. The average molecular weight is 342 g/mol. The van der Waals surface area contributed by atoms with Crippen molar-refractivity contribution in [3.8, 4) is 0 Å². The molecule has 134 valence electrons. The highest BCUT2D eigenvalue weighted by Gasteiger charge is 2.25. The molecule has 3 aliphatic rings. The highest BCUT2D eigenvalue weighted by atomic mass is 16.2. The third-order valence-corrected chi connectivity index (χ3v) is 5.58. The van der Waals surface area contributed by atoms with E-state index in [4.69, 9.17) is 0 Å². The third kappa shape index (κ3) is 3.57. The molecular formula is C19H26N4O2. The molecule has 2 N–H and O–H groups in total. The van der Waals surface area contributed by atoms with Gasteiger partial charge in [-0.1, -0.05) is 19.3 Å². The van der Waals surface area contributed by atoms with Crippen LogP contribution in [0.2, 0.25) is 0 Å². The van der Waals surface area contributed by atoms with Gasteiger partial charge in [-0.05, 0) is 36.6 Å². The van der Waals surface area contributed by atoms with Crippen molar-refractivity contribution in [3.63, 3.8) is 0 Å². The number of benzene rings is 1. The summed E-state index contributed by atoms with van der Waals surface area (Å²) >= 11 is 0. The normalized spacial score (nSPS) is 21.0. The maximum atomic E-state index is 12.4. The van der Waals surface area contributed by atoms with Gasteiger partial charge >= 0.3 is 6.03 Å². The van der Waals surface area contributed by atoms with Crippen LogP contribution in [0.4, 0.5) is 16.2 Å². The second-order valence-corrected chi connectivity index (χ2v) is 7.32. The number of nitrogens with zero attached hydrogens (tertiary/aromatic N) is 2. The Labute approximate surface area is 148 Å². The topological polar surface area (TPSA) is 64.7 Å². The lowest BCUT2D eigenvalue weighted by molar-refractivity contribution is -0.115. The molecule has 0 unspecified atom stereocenters. The molecule has 2 aliphatic heterocycles. The van der Waals surface area contributed by atoms with Crippen molar-refractivity contribution in [2.24, 2.45) is 0 Å². The number of amides is 3. The van der Waals surface area contributed by atoms with Crippen LogP contribution in [0.25, 0.3) is 0 Å². The largest absolute Gasteiger partial charge is 0.368 e. The number of fused-ring (bicyclic) bond motifs is 1. The minimum atomic E-state index is 0.0661. The number of urea groups is 1. The second kappa shape index (κ2) is 6.94. The molecule has 0 radical (unpaired) electrons. The molecule has 2 fully saturated rings. The summed E-state index contributed by atoms with van der Waals surface area (Å²) in [5.41, 5.74) is 3.14. The van der Waals surface area contributed by atoms with Crippen LogP contribution in [0.5, 0.6) is 0 Å². The van der Waals surface area contributed by atoms with E-state index in [0.29, 0.717) is 12.5 Å². The Hall–Kier alpha value is -2.24. The summed E-state index contributed by atoms with van der Waals surface area (Å²) in [5.74, 6) is 0.0661. The fraction of sp³-hybridized carbons (Fsp3) is 0.579. The monoisotopic (exact) mass is 342 g/mol. The first-order chi connectivity index (χ1) is 12.2. The first-order valence-electron chi connectivity index (χ1n) is 9.42. The van der Waals surface area contributed by atoms with Crippen molar-refractivity contribution in [2.45, 2.75) is 44.6 Å². The molecule has 25 heavy (non-hydrogen) atoms. The Morgan fingerprint density at radius 1 is 1.08 bits per heavy atom. The van der Waals surface area contributed by atoms with Gasteiger partial charge in [-0.3, -0.25) is 4.79 Å². The first kappa shape index (κ1) is 16.2. The van der Waals surface area contributed by atoms with Gasteiger partial charge in [0, 0.05) is 43.6 Å². The average Bonchev–Trinajstić information content (AvgIpc) is 3.02. The number of piperazine rings is 1. The van der Waals surface area contributed by atoms with Crippen LogP contribution in [0, 0.1) is 0 Å². The number of rotatable bonds is 2. The van der Waals surface area contributed by atoms with Crippen LogP contribution in [0.1, 0.15) is 37.7 Å².